The Morgan fingerprint density at radius 2 is 2.21 bits per heavy atom. The largest absolute Gasteiger partial charge is 0.346 e. The Bertz CT molecular complexity index is 453. The summed E-state index contributed by atoms with van der Waals surface area (Å²) in [5.74, 6) is 0.0738. The minimum Gasteiger partial charge on any atom is -0.346 e. The second-order valence-corrected chi connectivity index (χ2v) is 6.06. The lowest BCUT2D eigenvalue weighted by Crippen LogP contribution is -2.52. The van der Waals surface area contributed by atoms with E-state index in [0.717, 1.165) is 31.4 Å². The number of carbonyl (C=O) groups is 1. The minimum absolute atomic E-state index is 0.0628. The van der Waals surface area contributed by atoms with Crippen LogP contribution in [-0.4, -0.2) is 18.5 Å². The van der Waals surface area contributed by atoms with E-state index in [0.29, 0.717) is 5.02 Å². The molecule has 0 aliphatic carbocycles. The van der Waals surface area contributed by atoms with Crippen molar-refractivity contribution in [1.82, 2.24) is 10.6 Å². The van der Waals surface area contributed by atoms with Crippen LogP contribution in [0.5, 0.6) is 0 Å². The van der Waals surface area contributed by atoms with E-state index in [4.69, 9.17) is 11.6 Å². The molecule has 4 heteroatoms. The van der Waals surface area contributed by atoms with Gasteiger partial charge in [0.05, 0.1) is 11.6 Å². The second-order valence-electron chi connectivity index (χ2n) is 5.63. The lowest BCUT2D eigenvalue weighted by atomic mass is 9.93. The summed E-state index contributed by atoms with van der Waals surface area (Å²) in [5, 5.41) is 7.07. The second kappa shape index (κ2) is 5.93. The fourth-order valence-electron chi connectivity index (χ4n) is 2.42. The van der Waals surface area contributed by atoms with E-state index in [2.05, 4.69) is 10.6 Å². The average Bonchev–Trinajstić information content (AvgIpc) is 2.39. The molecule has 1 heterocycles. The third kappa shape index (κ3) is 3.71. The van der Waals surface area contributed by atoms with E-state index in [1.54, 1.807) is 0 Å². The summed E-state index contributed by atoms with van der Waals surface area (Å²) in [6.45, 7) is 4.93. The lowest BCUT2D eigenvalue weighted by molar-refractivity contribution is -0.125. The highest BCUT2D eigenvalue weighted by Crippen LogP contribution is 2.23. The number of benzene rings is 1. The molecule has 1 aromatic rings. The van der Waals surface area contributed by atoms with Gasteiger partial charge in [-0.05, 0) is 50.9 Å². The fraction of sp³-hybridized carbons (Fsp3) is 0.533. The SMILES string of the molecule is CC(C)(NC(=O)C1CCCCN1)c1cccc(Cl)c1. The molecule has 1 unspecified atom stereocenters. The Hall–Kier alpha value is -1.06. The zero-order valence-corrected chi connectivity index (χ0v) is 12.3. The quantitative estimate of drug-likeness (QED) is 0.894. The zero-order chi connectivity index (χ0) is 13.9. The van der Waals surface area contributed by atoms with Crippen LogP contribution in [-0.2, 0) is 10.3 Å². The first-order valence-corrected chi connectivity index (χ1v) is 7.18. The molecular formula is C15H21ClN2O. The van der Waals surface area contributed by atoms with Crippen LogP contribution in [0, 0.1) is 0 Å². The van der Waals surface area contributed by atoms with E-state index in [1.165, 1.54) is 0 Å². The maximum atomic E-state index is 12.3. The highest BCUT2D eigenvalue weighted by molar-refractivity contribution is 6.30. The van der Waals surface area contributed by atoms with Crippen molar-refractivity contribution < 1.29 is 4.79 Å². The van der Waals surface area contributed by atoms with Crippen molar-refractivity contribution in [2.24, 2.45) is 0 Å². The Morgan fingerprint density at radius 3 is 2.84 bits per heavy atom. The van der Waals surface area contributed by atoms with Gasteiger partial charge in [-0.2, -0.15) is 0 Å². The van der Waals surface area contributed by atoms with Crippen molar-refractivity contribution in [2.75, 3.05) is 6.54 Å². The molecule has 1 fully saturated rings. The number of amides is 1. The van der Waals surface area contributed by atoms with Gasteiger partial charge in [0.15, 0.2) is 0 Å². The van der Waals surface area contributed by atoms with Gasteiger partial charge < -0.3 is 10.6 Å². The normalized spacial score (nSPS) is 20.1. The number of halogens is 1. The van der Waals surface area contributed by atoms with E-state index >= 15 is 0 Å². The highest BCUT2D eigenvalue weighted by atomic mass is 35.5. The molecule has 0 spiro atoms. The summed E-state index contributed by atoms with van der Waals surface area (Å²) in [6.07, 6.45) is 3.18. The molecule has 1 aliphatic heterocycles. The molecule has 0 saturated carbocycles. The topological polar surface area (TPSA) is 41.1 Å². The van der Waals surface area contributed by atoms with E-state index < -0.39 is 5.54 Å². The third-order valence-corrected chi connectivity index (χ3v) is 3.84. The average molecular weight is 281 g/mol. The fourth-order valence-corrected chi connectivity index (χ4v) is 2.61. The van der Waals surface area contributed by atoms with Crippen LogP contribution >= 0.6 is 11.6 Å². The van der Waals surface area contributed by atoms with Crippen molar-refractivity contribution in [1.29, 1.82) is 0 Å². The molecule has 1 aromatic carbocycles. The summed E-state index contributed by atoms with van der Waals surface area (Å²) in [4.78, 5) is 12.3. The summed E-state index contributed by atoms with van der Waals surface area (Å²) in [5.41, 5.74) is 0.602. The number of rotatable bonds is 3. The molecule has 1 amide bonds. The van der Waals surface area contributed by atoms with Gasteiger partial charge >= 0.3 is 0 Å². The maximum absolute atomic E-state index is 12.3. The maximum Gasteiger partial charge on any atom is 0.237 e. The minimum atomic E-state index is -0.416. The smallest absolute Gasteiger partial charge is 0.237 e. The van der Waals surface area contributed by atoms with Gasteiger partial charge in [-0.1, -0.05) is 30.2 Å². The van der Waals surface area contributed by atoms with Crippen molar-refractivity contribution >= 4 is 17.5 Å². The molecule has 19 heavy (non-hydrogen) atoms. The molecule has 1 aliphatic rings. The van der Waals surface area contributed by atoms with Crippen LogP contribution in [0.25, 0.3) is 0 Å². The van der Waals surface area contributed by atoms with Crippen molar-refractivity contribution in [3.05, 3.63) is 34.9 Å². The molecule has 1 saturated heterocycles. The Balaban J connectivity index is 2.05. The van der Waals surface area contributed by atoms with Crippen LogP contribution in [0.3, 0.4) is 0 Å². The monoisotopic (exact) mass is 280 g/mol. The van der Waals surface area contributed by atoms with Crippen LogP contribution in [0.2, 0.25) is 5.02 Å². The molecule has 2 N–H and O–H groups in total. The van der Waals surface area contributed by atoms with Gasteiger partial charge in [-0.3, -0.25) is 4.79 Å². The van der Waals surface area contributed by atoms with Crippen molar-refractivity contribution in [3.8, 4) is 0 Å². The lowest BCUT2D eigenvalue weighted by Gasteiger charge is -2.31. The van der Waals surface area contributed by atoms with Crippen LogP contribution in [0.4, 0.5) is 0 Å². The number of carbonyl (C=O) groups excluding carboxylic acids is 1. The van der Waals surface area contributed by atoms with Gasteiger partial charge in [0.25, 0.3) is 0 Å². The Kier molecular flexibility index (Phi) is 4.48. The predicted octanol–water partition coefficient (Wildman–Crippen LogP) is 2.83. The summed E-state index contributed by atoms with van der Waals surface area (Å²) in [7, 11) is 0. The predicted molar refractivity (Wildman–Crippen MR) is 78.3 cm³/mol. The summed E-state index contributed by atoms with van der Waals surface area (Å²) < 4.78 is 0. The van der Waals surface area contributed by atoms with E-state index in [1.807, 2.05) is 38.1 Å². The highest BCUT2D eigenvalue weighted by Gasteiger charge is 2.28. The summed E-state index contributed by atoms with van der Waals surface area (Å²) in [6, 6.07) is 7.57. The van der Waals surface area contributed by atoms with Crippen LogP contribution in [0.1, 0.15) is 38.7 Å². The number of piperidine rings is 1. The van der Waals surface area contributed by atoms with Gasteiger partial charge in [0.1, 0.15) is 0 Å². The van der Waals surface area contributed by atoms with Gasteiger partial charge in [0.2, 0.25) is 5.91 Å². The Labute approximate surface area is 119 Å². The molecule has 0 bridgehead atoms. The first-order chi connectivity index (χ1) is 8.99. The molecule has 0 aromatic heterocycles. The zero-order valence-electron chi connectivity index (χ0n) is 11.5. The first-order valence-electron chi connectivity index (χ1n) is 6.80. The van der Waals surface area contributed by atoms with Gasteiger partial charge in [-0.25, -0.2) is 0 Å². The van der Waals surface area contributed by atoms with Crippen molar-refractivity contribution in [3.63, 3.8) is 0 Å². The van der Waals surface area contributed by atoms with E-state index in [9.17, 15) is 4.79 Å². The Morgan fingerprint density at radius 1 is 1.42 bits per heavy atom. The van der Waals surface area contributed by atoms with E-state index in [-0.39, 0.29) is 11.9 Å². The number of hydrogen-bond donors (Lipinski definition) is 2. The number of nitrogens with one attached hydrogen (secondary N) is 2. The molecule has 0 radical (unpaired) electrons. The molecule has 1 atom stereocenters. The van der Waals surface area contributed by atoms with Crippen LogP contribution in [0.15, 0.2) is 24.3 Å². The summed E-state index contributed by atoms with van der Waals surface area (Å²) >= 11 is 6.01. The molecule has 2 rings (SSSR count). The number of hydrogen-bond acceptors (Lipinski definition) is 2. The van der Waals surface area contributed by atoms with Gasteiger partial charge in [-0.15, -0.1) is 0 Å². The molecule has 104 valence electrons. The molecule has 3 nitrogen and oxygen atoms in total. The van der Waals surface area contributed by atoms with Gasteiger partial charge in [0, 0.05) is 5.02 Å². The first kappa shape index (κ1) is 14.4. The third-order valence-electron chi connectivity index (χ3n) is 3.61. The van der Waals surface area contributed by atoms with Crippen LogP contribution < -0.4 is 10.6 Å². The molecular weight excluding hydrogens is 260 g/mol. The standard InChI is InChI=1S/C15H21ClN2O/c1-15(2,11-6-5-7-12(16)10-11)18-14(19)13-8-3-4-9-17-13/h5-7,10,13,17H,3-4,8-9H2,1-2H3,(H,18,19). The van der Waals surface area contributed by atoms with Crippen molar-refractivity contribution in [2.45, 2.75) is 44.7 Å².